The van der Waals surface area contributed by atoms with Gasteiger partial charge in [-0.1, -0.05) is 19.8 Å². The monoisotopic (exact) mass is 267 g/mol. The van der Waals surface area contributed by atoms with Crippen LogP contribution in [0.3, 0.4) is 0 Å². The van der Waals surface area contributed by atoms with E-state index in [-0.39, 0.29) is 0 Å². The van der Waals surface area contributed by atoms with Gasteiger partial charge in [-0.15, -0.1) is 0 Å². The highest BCUT2D eigenvalue weighted by Gasteiger charge is 2.36. The first-order chi connectivity index (χ1) is 9.19. The van der Waals surface area contributed by atoms with E-state index in [0.717, 1.165) is 6.04 Å². The summed E-state index contributed by atoms with van der Waals surface area (Å²) >= 11 is 0. The fourth-order valence-electron chi connectivity index (χ4n) is 4.23. The molecule has 1 aliphatic carbocycles. The molecule has 0 unspecified atom stereocenters. The molecule has 1 saturated heterocycles. The highest BCUT2D eigenvalue weighted by molar-refractivity contribution is 4.90. The van der Waals surface area contributed by atoms with Crippen molar-refractivity contribution >= 4 is 0 Å². The van der Waals surface area contributed by atoms with E-state index in [4.69, 9.17) is 0 Å². The maximum Gasteiger partial charge on any atom is 0.0117 e. The molecule has 112 valence electrons. The van der Waals surface area contributed by atoms with Crippen molar-refractivity contribution in [3.8, 4) is 0 Å². The molecule has 3 nitrogen and oxygen atoms in total. The average Bonchev–Trinajstić information content (AvgIpc) is 2.87. The van der Waals surface area contributed by atoms with Crippen LogP contribution >= 0.6 is 0 Å². The summed E-state index contributed by atoms with van der Waals surface area (Å²) in [5, 5.41) is 3.44. The second kappa shape index (κ2) is 7.05. The zero-order chi connectivity index (χ0) is 13.7. The summed E-state index contributed by atoms with van der Waals surface area (Å²) in [5.74, 6) is 0. The first-order valence-electron chi connectivity index (χ1n) is 8.26. The summed E-state index contributed by atoms with van der Waals surface area (Å²) in [4.78, 5) is 5.26. The molecule has 0 spiro atoms. The molecule has 19 heavy (non-hydrogen) atoms. The highest BCUT2D eigenvalue weighted by Crippen LogP contribution is 2.38. The molecular formula is C16H33N3. The van der Waals surface area contributed by atoms with Crippen LogP contribution in [0.15, 0.2) is 0 Å². The highest BCUT2D eigenvalue weighted by atomic mass is 15.2. The molecule has 1 N–H and O–H groups in total. The molecule has 2 rings (SSSR count). The van der Waals surface area contributed by atoms with Crippen LogP contribution in [0.4, 0.5) is 0 Å². The Labute approximate surface area is 119 Å². The Hall–Kier alpha value is -0.120. The number of piperidine rings is 1. The van der Waals surface area contributed by atoms with E-state index in [1.807, 2.05) is 0 Å². The van der Waals surface area contributed by atoms with Crippen LogP contribution in [-0.4, -0.2) is 62.7 Å². The zero-order valence-corrected chi connectivity index (χ0v) is 13.2. The summed E-state index contributed by atoms with van der Waals surface area (Å²) in [6.45, 7) is 8.59. The Bertz CT molecular complexity index is 253. The van der Waals surface area contributed by atoms with Gasteiger partial charge < -0.3 is 15.1 Å². The largest absolute Gasteiger partial charge is 0.319 e. The van der Waals surface area contributed by atoms with E-state index in [1.165, 1.54) is 71.2 Å². The molecule has 2 fully saturated rings. The van der Waals surface area contributed by atoms with Crippen LogP contribution in [0.1, 0.15) is 45.4 Å². The van der Waals surface area contributed by atoms with Crippen molar-refractivity contribution in [1.82, 2.24) is 15.1 Å². The van der Waals surface area contributed by atoms with Crippen LogP contribution in [0.5, 0.6) is 0 Å². The summed E-state index contributed by atoms with van der Waals surface area (Å²) in [6.07, 6.45) is 8.44. The molecule has 0 aromatic carbocycles. The van der Waals surface area contributed by atoms with E-state index in [9.17, 15) is 0 Å². The third-order valence-electron chi connectivity index (χ3n) is 5.43. The Kier molecular flexibility index (Phi) is 5.67. The van der Waals surface area contributed by atoms with Gasteiger partial charge in [0.25, 0.3) is 0 Å². The fourth-order valence-corrected chi connectivity index (χ4v) is 4.23. The van der Waals surface area contributed by atoms with E-state index in [1.54, 1.807) is 0 Å². The average molecular weight is 267 g/mol. The molecule has 0 amide bonds. The van der Waals surface area contributed by atoms with Gasteiger partial charge in [-0.2, -0.15) is 0 Å². The Morgan fingerprint density at radius 2 is 1.84 bits per heavy atom. The second-order valence-electron chi connectivity index (χ2n) is 6.82. The van der Waals surface area contributed by atoms with Gasteiger partial charge >= 0.3 is 0 Å². The third kappa shape index (κ3) is 3.93. The molecule has 1 aliphatic heterocycles. The van der Waals surface area contributed by atoms with Crippen molar-refractivity contribution in [3.63, 3.8) is 0 Å². The first kappa shape index (κ1) is 15.3. The molecule has 1 saturated carbocycles. The standard InChI is InChI=1S/C16H33N3/c1-4-19-11-7-15(8-12-19)18(3)14-16(13-17-2)9-5-6-10-16/h15,17H,4-14H2,1-3H3. The quantitative estimate of drug-likeness (QED) is 0.796. The van der Waals surface area contributed by atoms with Crippen molar-refractivity contribution in [3.05, 3.63) is 0 Å². The molecule has 0 aromatic rings. The van der Waals surface area contributed by atoms with Crippen molar-refractivity contribution in [2.75, 3.05) is 46.8 Å². The van der Waals surface area contributed by atoms with Gasteiger partial charge in [0.15, 0.2) is 0 Å². The minimum Gasteiger partial charge on any atom is -0.319 e. The Morgan fingerprint density at radius 3 is 2.37 bits per heavy atom. The van der Waals surface area contributed by atoms with E-state index >= 15 is 0 Å². The molecule has 1 heterocycles. The van der Waals surface area contributed by atoms with Crippen LogP contribution in [0, 0.1) is 5.41 Å². The van der Waals surface area contributed by atoms with Crippen LogP contribution in [-0.2, 0) is 0 Å². The molecule has 0 bridgehead atoms. The lowest BCUT2D eigenvalue weighted by atomic mass is 9.84. The fraction of sp³-hybridized carbons (Fsp3) is 1.00. The van der Waals surface area contributed by atoms with Gasteiger partial charge in [0, 0.05) is 19.1 Å². The normalized spacial score (nSPS) is 25.3. The van der Waals surface area contributed by atoms with Gasteiger partial charge in [-0.3, -0.25) is 0 Å². The predicted molar refractivity (Wildman–Crippen MR) is 82.6 cm³/mol. The van der Waals surface area contributed by atoms with Gasteiger partial charge in [0.05, 0.1) is 0 Å². The van der Waals surface area contributed by atoms with Gasteiger partial charge in [-0.05, 0) is 64.8 Å². The minimum atomic E-state index is 0.561. The molecular weight excluding hydrogens is 234 g/mol. The molecule has 3 heteroatoms. The van der Waals surface area contributed by atoms with E-state index < -0.39 is 0 Å². The summed E-state index contributed by atoms with van der Waals surface area (Å²) < 4.78 is 0. The number of nitrogens with zero attached hydrogens (tertiary/aromatic N) is 2. The first-order valence-corrected chi connectivity index (χ1v) is 8.26. The third-order valence-corrected chi connectivity index (χ3v) is 5.43. The van der Waals surface area contributed by atoms with Crippen LogP contribution in [0.2, 0.25) is 0 Å². The topological polar surface area (TPSA) is 18.5 Å². The lowest BCUT2D eigenvalue weighted by molar-refractivity contribution is 0.0884. The lowest BCUT2D eigenvalue weighted by Gasteiger charge is -2.41. The molecule has 0 radical (unpaired) electrons. The maximum absolute atomic E-state index is 3.44. The second-order valence-corrected chi connectivity index (χ2v) is 6.82. The Balaban J connectivity index is 1.84. The van der Waals surface area contributed by atoms with Crippen molar-refractivity contribution in [2.24, 2.45) is 5.41 Å². The number of rotatable bonds is 6. The van der Waals surface area contributed by atoms with Crippen molar-refractivity contribution in [2.45, 2.75) is 51.5 Å². The lowest BCUT2D eigenvalue weighted by Crippen LogP contribution is -2.48. The predicted octanol–water partition coefficient (Wildman–Crippen LogP) is 2.18. The molecule has 0 atom stereocenters. The maximum atomic E-state index is 3.44. The summed E-state index contributed by atoms with van der Waals surface area (Å²) in [6, 6.07) is 0.817. The van der Waals surface area contributed by atoms with E-state index in [0.29, 0.717) is 5.41 Å². The smallest absolute Gasteiger partial charge is 0.0117 e. The Morgan fingerprint density at radius 1 is 1.21 bits per heavy atom. The SMILES string of the molecule is CCN1CCC(N(C)CC2(CNC)CCCC2)CC1. The number of likely N-dealkylation sites (tertiary alicyclic amines) is 1. The number of hydrogen-bond acceptors (Lipinski definition) is 3. The van der Waals surface area contributed by atoms with E-state index in [2.05, 4.69) is 36.1 Å². The molecule has 0 aromatic heterocycles. The summed E-state index contributed by atoms with van der Waals surface area (Å²) in [5.41, 5.74) is 0.561. The van der Waals surface area contributed by atoms with Crippen LogP contribution in [0.25, 0.3) is 0 Å². The van der Waals surface area contributed by atoms with Gasteiger partial charge in [0.2, 0.25) is 0 Å². The summed E-state index contributed by atoms with van der Waals surface area (Å²) in [7, 11) is 4.47. The van der Waals surface area contributed by atoms with Crippen molar-refractivity contribution in [1.29, 1.82) is 0 Å². The van der Waals surface area contributed by atoms with Gasteiger partial charge in [-0.25, -0.2) is 0 Å². The molecule has 2 aliphatic rings. The van der Waals surface area contributed by atoms with Gasteiger partial charge in [0.1, 0.15) is 0 Å². The number of hydrogen-bond donors (Lipinski definition) is 1. The number of nitrogens with one attached hydrogen (secondary N) is 1. The van der Waals surface area contributed by atoms with Crippen molar-refractivity contribution < 1.29 is 0 Å². The zero-order valence-electron chi connectivity index (χ0n) is 13.2. The van der Waals surface area contributed by atoms with Crippen LogP contribution < -0.4 is 5.32 Å². The minimum absolute atomic E-state index is 0.561.